The fourth-order valence-electron chi connectivity index (χ4n) is 2.71. The summed E-state index contributed by atoms with van der Waals surface area (Å²) in [6, 6.07) is 10.2. The summed E-state index contributed by atoms with van der Waals surface area (Å²) in [5.41, 5.74) is 7.13. The highest BCUT2D eigenvalue weighted by atomic mass is 16.5. The van der Waals surface area contributed by atoms with Crippen LogP contribution in [0.2, 0.25) is 0 Å². The summed E-state index contributed by atoms with van der Waals surface area (Å²) in [6.07, 6.45) is 1.84. The molecule has 0 fully saturated rings. The number of nitrogens with zero attached hydrogens (tertiary/aromatic N) is 2. The van der Waals surface area contributed by atoms with E-state index >= 15 is 0 Å². The van der Waals surface area contributed by atoms with Gasteiger partial charge in [-0.3, -0.25) is 0 Å². The van der Waals surface area contributed by atoms with Crippen LogP contribution in [-0.4, -0.2) is 10.1 Å². The standard InChI is InChI=1S/C17H25N3O/c1-5-17(6-2,13-10-8-7-9-11-13)16-19-15(21-20-16)14(18)12(3)4/h7-12,14H,5-6,18H2,1-4H3. The lowest BCUT2D eigenvalue weighted by Crippen LogP contribution is -2.28. The second kappa shape index (κ2) is 6.39. The van der Waals surface area contributed by atoms with E-state index in [0.29, 0.717) is 5.89 Å². The van der Waals surface area contributed by atoms with E-state index in [-0.39, 0.29) is 17.4 Å². The second-order valence-corrected chi connectivity index (χ2v) is 5.88. The lowest BCUT2D eigenvalue weighted by molar-refractivity contribution is 0.315. The van der Waals surface area contributed by atoms with E-state index in [1.807, 2.05) is 6.07 Å². The largest absolute Gasteiger partial charge is 0.338 e. The monoisotopic (exact) mass is 287 g/mol. The molecule has 1 aromatic heterocycles. The molecule has 0 saturated carbocycles. The van der Waals surface area contributed by atoms with Crippen molar-refractivity contribution in [3.05, 3.63) is 47.6 Å². The summed E-state index contributed by atoms with van der Waals surface area (Å²) < 4.78 is 5.43. The van der Waals surface area contributed by atoms with Gasteiger partial charge in [0.25, 0.3) is 0 Å². The van der Waals surface area contributed by atoms with Crippen LogP contribution >= 0.6 is 0 Å². The number of benzene rings is 1. The molecule has 2 N–H and O–H groups in total. The first-order valence-corrected chi connectivity index (χ1v) is 7.70. The van der Waals surface area contributed by atoms with Gasteiger partial charge in [-0.15, -0.1) is 0 Å². The van der Waals surface area contributed by atoms with Crippen LogP contribution in [0.4, 0.5) is 0 Å². The van der Waals surface area contributed by atoms with E-state index in [4.69, 9.17) is 10.3 Å². The van der Waals surface area contributed by atoms with Crippen LogP contribution in [0.5, 0.6) is 0 Å². The zero-order valence-corrected chi connectivity index (χ0v) is 13.3. The Morgan fingerprint density at radius 1 is 1.14 bits per heavy atom. The third-order valence-electron chi connectivity index (χ3n) is 4.41. The van der Waals surface area contributed by atoms with Crippen molar-refractivity contribution in [3.8, 4) is 0 Å². The molecule has 1 aromatic carbocycles. The van der Waals surface area contributed by atoms with Crippen LogP contribution in [0.1, 0.15) is 63.9 Å². The molecular weight excluding hydrogens is 262 g/mol. The summed E-state index contributed by atoms with van der Waals surface area (Å²) in [4.78, 5) is 4.62. The first-order valence-electron chi connectivity index (χ1n) is 7.70. The number of hydrogen-bond donors (Lipinski definition) is 1. The van der Waals surface area contributed by atoms with Gasteiger partial charge in [-0.25, -0.2) is 0 Å². The zero-order valence-electron chi connectivity index (χ0n) is 13.3. The van der Waals surface area contributed by atoms with Crippen LogP contribution < -0.4 is 5.73 Å². The maximum Gasteiger partial charge on any atom is 0.243 e. The van der Waals surface area contributed by atoms with Crippen molar-refractivity contribution in [2.24, 2.45) is 11.7 Å². The van der Waals surface area contributed by atoms with Gasteiger partial charge in [-0.2, -0.15) is 4.98 Å². The predicted octanol–water partition coefficient (Wildman–Crippen LogP) is 3.83. The fourth-order valence-corrected chi connectivity index (χ4v) is 2.71. The minimum Gasteiger partial charge on any atom is -0.338 e. The van der Waals surface area contributed by atoms with Crippen molar-refractivity contribution in [2.45, 2.75) is 52.0 Å². The van der Waals surface area contributed by atoms with Crippen LogP contribution in [0.15, 0.2) is 34.9 Å². The lowest BCUT2D eigenvalue weighted by Gasteiger charge is -2.28. The average Bonchev–Trinajstić information content (AvgIpc) is 2.99. The van der Waals surface area contributed by atoms with Crippen LogP contribution in [0.3, 0.4) is 0 Å². The Morgan fingerprint density at radius 3 is 2.29 bits per heavy atom. The molecule has 21 heavy (non-hydrogen) atoms. The second-order valence-electron chi connectivity index (χ2n) is 5.88. The molecule has 1 heterocycles. The van der Waals surface area contributed by atoms with E-state index in [9.17, 15) is 0 Å². The van der Waals surface area contributed by atoms with Crippen LogP contribution in [-0.2, 0) is 5.41 Å². The molecule has 1 unspecified atom stereocenters. The Kier molecular flexibility index (Phi) is 4.78. The van der Waals surface area contributed by atoms with E-state index in [1.54, 1.807) is 0 Å². The zero-order chi connectivity index (χ0) is 15.5. The molecule has 0 aliphatic heterocycles. The van der Waals surface area contributed by atoms with Crippen LogP contribution in [0, 0.1) is 5.92 Å². The fraction of sp³-hybridized carbons (Fsp3) is 0.529. The van der Waals surface area contributed by atoms with Gasteiger partial charge in [0.05, 0.1) is 11.5 Å². The highest BCUT2D eigenvalue weighted by Gasteiger charge is 2.36. The van der Waals surface area contributed by atoms with Crippen molar-refractivity contribution >= 4 is 0 Å². The smallest absolute Gasteiger partial charge is 0.243 e. The maximum absolute atomic E-state index is 6.12. The van der Waals surface area contributed by atoms with E-state index in [2.05, 4.69) is 62.1 Å². The number of nitrogens with two attached hydrogens (primary N) is 1. The summed E-state index contributed by atoms with van der Waals surface area (Å²) in [6.45, 7) is 8.43. The summed E-state index contributed by atoms with van der Waals surface area (Å²) in [5.74, 6) is 1.54. The molecule has 2 aromatic rings. The third kappa shape index (κ3) is 2.86. The molecule has 0 bridgehead atoms. The van der Waals surface area contributed by atoms with Crippen molar-refractivity contribution in [1.29, 1.82) is 0 Å². The van der Waals surface area contributed by atoms with Gasteiger partial charge in [-0.05, 0) is 24.3 Å². The number of rotatable bonds is 6. The summed E-state index contributed by atoms with van der Waals surface area (Å²) in [5, 5.41) is 4.24. The van der Waals surface area contributed by atoms with Crippen molar-refractivity contribution in [3.63, 3.8) is 0 Å². The molecule has 1 atom stereocenters. The number of aromatic nitrogens is 2. The normalized spacial score (nSPS) is 13.6. The van der Waals surface area contributed by atoms with Gasteiger partial charge in [0.2, 0.25) is 5.89 Å². The van der Waals surface area contributed by atoms with E-state index in [1.165, 1.54) is 5.56 Å². The highest BCUT2D eigenvalue weighted by molar-refractivity contribution is 5.32. The minimum atomic E-state index is -0.214. The Bertz CT molecular complexity index is 558. The van der Waals surface area contributed by atoms with Crippen molar-refractivity contribution in [2.75, 3.05) is 0 Å². The molecular formula is C17H25N3O. The van der Waals surface area contributed by atoms with Crippen molar-refractivity contribution in [1.82, 2.24) is 10.1 Å². The molecule has 0 radical (unpaired) electrons. The Hall–Kier alpha value is -1.68. The predicted molar refractivity (Wildman–Crippen MR) is 83.9 cm³/mol. The van der Waals surface area contributed by atoms with Gasteiger partial charge in [-0.1, -0.05) is 63.2 Å². The van der Waals surface area contributed by atoms with Crippen LogP contribution in [0.25, 0.3) is 0 Å². The molecule has 0 aliphatic rings. The first-order chi connectivity index (χ1) is 10.0. The SMILES string of the molecule is CCC(CC)(c1ccccc1)c1noc(C(N)C(C)C)n1. The maximum atomic E-state index is 6.12. The topological polar surface area (TPSA) is 64.9 Å². The minimum absolute atomic E-state index is 0.209. The molecule has 0 spiro atoms. The molecule has 0 saturated heterocycles. The highest BCUT2D eigenvalue weighted by Crippen LogP contribution is 2.37. The van der Waals surface area contributed by atoms with E-state index in [0.717, 1.165) is 18.7 Å². The molecule has 114 valence electrons. The van der Waals surface area contributed by atoms with Gasteiger partial charge < -0.3 is 10.3 Å². The molecule has 2 rings (SSSR count). The third-order valence-corrected chi connectivity index (χ3v) is 4.41. The van der Waals surface area contributed by atoms with Gasteiger partial charge in [0, 0.05) is 0 Å². The first kappa shape index (κ1) is 15.7. The summed E-state index contributed by atoms with van der Waals surface area (Å²) in [7, 11) is 0. The lowest BCUT2D eigenvalue weighted by atomic mass is 9.75. The Labute approximate surface area is 126 Å². The molecule has 4 heteroatoms. The summed E-state index contributed by atoms with van der Waals surface area (Å²) >= 11 is 0. The Balaban J connectivity index is 2.45. The Morgan fingerprint density at radius 2 is 1.76 bits per heavy atom. The van der Waals surface area contributed by atoms with Gasteiger partial charge >= 0.3 is 0 Å². The quantitative estimate of drug-likeness (QED) is 0.877. The molecule has 0 amide bonds. The average molecular weight is 287 g/mol. The number of hydrogen-bond acceptors (Lipinski definition) is 4. The molecule has 0 aliphatic carbocycles. The van der Waals surface area contributed by atoms with Gasteiger partial charge in [0.15, 0.2) is 5.82 Å². The van der Waals surface area contributed by atoms with Crippen molar-refractivity contribution < 1.29 is 4.52 Å². The molecule has 4 nitrogen and oxygen atoms in total. The van der Waals surface area contributed by atoms with Gasteiger partial charge in [0.1, 0.15) is 0 Å². The van der Waals surface area contributed by atoms with E-state index < -0.39 is 0 Å².